The lowest BCUT2D eigenvalue weighted by Crippen LogP contribution is -2.47. The SMILES string of the molecule is C[C@H](C[C@H]1CC[C@@H](OC(=O)C2CC2)[C@H](C)N(C(=O)c2ccc(F)cn2)C1)NCc1ccc2c(c1)OCO2. The second-order valence-corrected chi connectivity index (χ2v) is 10.5. The van der Waals surface area contributed by atoms with E-state index in [1.54, 1.807) is 4.90 Å². The maximum absolute atomic E-state index is 13.4. The smallest absolute Gasteiger partial charge is 0.309 e. The molecule has 1 aromatic heterocycles. The van der Waals surface area contributed by atoms with Gasteiger partial charge in [0.2, 0.25) is 6.79 Å². The molecule has 2 aromatic rings. The normalized spacial score (nSPS) is 23.9. The average molecular weight is 512 g/mol. The molecule has 3 heterocycles. The lowest BCUT2D eigenvalue weighted by atomic mass is 9.95. The van der Waals surface area contributed by atoms with Crippen LogP contribution < -0.4 is 14.8 Å². The number of nitrogens with one attached hydrogen (secondary N) is 1. The van der Waals surface area contributed by atoms with Gasteiger partial charge in [-0.3, -0.25) is 9.59 Å². The molecule has 1 N–H and O–H groups in total. The maximum Gasteiger partial charge on any atom is 0.309 e. The molecule has 5 rings (SSSR count). The Labute approximate surface area is 216 Å². The number of carbonyl (C=O) groups excluding carboxylic acids is 2. The van der Waals surface area contributed by atoms with Crippen LogP contribution in [0.5, 0.6) is 11.5 Å². The van der Waals surface area contributed by atoms with Crippen molar-refractivity contribution in [3.05, 3.63) is 53.6 Å². The van der Waals surface area contributed by atoms with E-state index in [0.29, 0.717) is 19.5 Å². The Bertz CT molecular complexity index is 1120. The molecule has 0 bridgehead atoms. The van der Waals surface area contributed by atoms with Crippen molar-refractivity contribution in [1.29, 1.82) is 0 Å². The predicted molar refractivity (Wildman–Crippen MR) is 134 cm³/mol. The van der Waals surface area contributed by atoms with E-state index in [9.17, 15) is 14.0 Å². The molecule has 8 nitrogen and oxygen atoms in total. The molecular formula is C28H34FN3O5. The number of hydrogen-bond donors (Lipinski definition) is 1. The van der Waals surface area contributed by atoms with Crippen LogP contribution >= 0.6 is 0 Å². The van der Waals surface area contributed by atoms with Gasteiger partial charge in [-0.1, -0.05) is 6.07 Å². The highest BCUT2D eigenvalue weighted by molar-refractivity contribution is 5.92. The van der Waals surface area contributed by atoms with Gasteiger partial charge in [-0.15, -0.1) is 0 Å². The molecule has 198 valence electrons. The van der Waals surface area contributed by atoms with Gasteiger partial charge in [0.05, 0.1) is 18.2 Å². The van der Waals surface area contributed by atoms with Crippen LogP contribution in [-0.2, 0) is 16.1 Å². The van der Waals surface area contributed by atoms with Crippen molar-refractivity contribution in [1.82, 2.24) is 15.2 Å². The van der Waals surface area contributed by atoms with E-state index in [2.05, 4.69) is 17.2 Å². The summed E-state index contributed by atoms with van der Waals surface area (Å²) in [5.41, 5.74) is 1.30. The Morgan fingerprint density at radius 1 is 1.16 bits per heavy atom. The van der Waals surface area contributed by atoms with Crippen molar-refractivity contribution in [3.63, 3.8) is 0 Å². The number of ether oxygens (including phenoxy) is 3. The van der Waals surface area contributed by atoms with Crippen molar-refractivity contribution in [3.8, 4) is 11.5 Å². The van der Waals surface area contributed by atoms with E-state index in [4.69, 9.17) is 14.2 Å². The van der Waals surface area contributed by atoms with Crippen LogP contribution in [0.4, 0.5) is 4.39 Å². The first-order chi connectivity index (χ1) is 17.9. The van der Waals surface area contributed by atoms with E-state index in [-0.39, 0.29) is 54.4 Å². The van der Waals surface area contributed by atoms with Crippen molar-refractivity contribution >= 4 is 11.9 Å². The van der Waals surface area contributed by atoms with Gasteiger partial charge < -0.3 is 24.4 Å². The monoisotopic (exact) mass is 511 g/mol. The number of esters is 1. The molecule has 1 saturated carbocycles. The summed E-state index contributed by atoms with van der Waals surface area (Å²) in [5.74, 6) is 0.804. The summed E-state index contributed by atoms with van der Waals surface area (Å²) in [7, 11) is 0. The minimum atomic E-state index is -0.489. The van der Waals surface area contributed by atoms with Gasteiger partial charge in [0.1, 0.15) is 17.6 Å². The first-order valence-electron chi connectivity index (χ1n) is 13.1. The molecule has 1 amide bonds. The van der Waals surface area contributed by atoms with Gasteiger partial charge in [0.15, 0.2) is 11.5 Å². The second kappa shape index (κ2) is 11.0. The maximum atomic E-state index is 13.4. The highest BCUT2D eigenvalue weighted by atomic mass is 19.1. The Balaban J connectivity index is 1.25. The number of likely N-dealkylation sites (tertiary alicyclic amines) is 1. The summed E-state index contributed by atoms with van der Waals surface area (Å²) in [6.45, 7) is 5.52. The van der Waals surface area contributed by atoms with Gasteiger partial charge in [-0.2, -0.15) is 0 Å². The number of halogens is 1. The molecule has 0 spiro atoms. The number of hydrogen-bond acceptors (Lipinski definition) is 7. The van der Waals surface area contributed by atoms with E-state index >= 15 is 0 Å². The number of carbonyl (C=O) groups is 2. The minimum absolute atomic E-state index is 0.00503. The van der Waals surface area contributed by atoms with Crippen LogP contribution in [0.25, 0.3) is 0 Å². The predicted octanol–water partition coefficient (Wildman–Crippen LogP) is 4.08. The Morgan fingerprint density at radius 2 is 1.97 bits per heavy atom. The number of nitrogens with zero attached hydrogens (tertiary/aromatic N) is 2. The van der Waals surface area contributed by atoms with Gasteiger partial charge >= 0.3 is 5.97 Å². The number of pyridine rings is 1. The summed E-state index contributed by atoms with van der Waals surface area (Å²) in [5, 5.41) is 3.58. The van der Waals surface area contributed by atoms with Gasteiger partial charge in [0, 0.05) is 19.1 Å². The molecule has 1 saturated heterocycles. The third kappa shape index (κ3) is 6.21. The molecule has 4 atom stereocenters. The largest absolute Gasteiger partial charge is 0.460 e. The number of fused-ring (bicyclic) bond motifs is 1. The lowest BCUT2D eigenvalue weighted by Gasteiger charge is -2.33. The summed E-state index contributed by atoms with van der Waals surface area (Å²) >= 11 is 0. The van der Waals surface area contributed by atoms with Crippen LogP contribution in [0.2, 0.25) is 0 Å². The van der Waals surface area contributed by atoms with Crippen LogP contribution in [0, 0.1) is 17.7 Å². The molecular weight excluding hydrogens is 477 g/mol. The fraction of sp³-hybridized carbons (Fsp3) is 0.536. The van der Waals surface area contributed by atoms with Crippen LogP contribution in [-0.4, -0.2) is 53.3 Å². The van der Waals surface area contributed by atoms with E-state index in [1.165, 1.54) is 12.1 Å². The number of aromatic nitrogens is 1. The molecule has 2 aliphatic heterocycles. The van der Waals surface area contributed by atoms with Crippen molar-refractivity contribution in [2.75, 3.05) is 13.3 Å². The second-order valence-electron chi connectivity index (χ2n) is 10.5. The van der Waals surface area contributed by atoms with E-state index in [0.717, 1.165) is 48.9 Å². The highest BCUT2D eigenvalue weighted by Gasteiger charge is 2.39. The zero-order valence-corrected chi connectivity index (χ0v) is 21.3. The summed E-state index contributed by atoms with van der Waals surface area (Å²) in [6.07, 6.45) is 4.80. The molecule has 0 radical (unpaired) electrons. The Kier molecular flexibility index (Phi) is 7.60. The van der Waals surface area contributed by atoms with Crippen molar-refractivity contribution in [2.24, 2.45) is 11.8 Å². The molecule has 1 aromatic carbocycles. The summed E-state index contributed by atoms with van der Waals surface area (Å²) in [4.78, 5) is 31.7. The van der Waals surface area contributed by atoms with Gasteiger partial charge in [0.25, 0.3) is 5.91 Å². The molecule has 37 heavy (non-hydrogen) atoms. The first kappa shape index (κ1) is 25.4. The topological polar surface area (TPSA) is 90.0 Å². The zero-order chi connectivity index (χ0) is 25.9. The summed E-state index contributed by atoms with van der Waals surface area (Å²) in [6, 6.07) is 8.48. The Morgan fingerprint density at radius 3 is 2.73 bits per heavy atom. The third-order valence-electron chi connectivity index (χ3n) is 7.51. The zero-order valence-electron chi connectivity index (χ0n) is 21.3. The molecule has 1 aliphatic carbocycles. The lowest BCUT2D eigenvalue weighted by molar-refractivity contribution is -0.153. The number of rotatable bonds is 8. The van der Waals surface area contributed by atoms with E-state index < -0.39 is 5.82 Å². The van der Waals surface area contributed by atoms with Crippen LogP contribution in [0.15, 0.2) is 36.5 Å². The van der Waals surface area contributed by atoms with Gasteiger partial charge in [-0.05, 0) is 81.7 Å². The van der Waals surface area contributed by atoms with E-state index in [1.807, 2.05) is 25.1 Å². The first-order valence-corrected chi connectivity index (χ1v) is 13.1. The van der Waals surface area contributed by atoms with Gasteiger partial charge in [-0.25, -0.2) is 9.37 Å². The van der Waals surface area contributed by atoms with Crippen LogP contribution in [0.1, 0.15) is 62.0 Å². The molecule has 2 fully saturated rings. The molecule has 0 unspecified atom stereocenters. The quantitative estimate of drug-likeness (QED) is 0.534. The minimum Gasteiger partial charge on any atom is -0.460 e. The average Bonchev–Trinajstić information content (AvgIpc) is 3.67. The fourth-order valence-electron chi connectivity index (χ4n) is 5.14. The third-order valence-corrected chi connectivity index (χ3v) is 7.51. The molecule has 3 aliphatic rings. The standard InChI is InChI=1S/C28H34FN3O5/c1-17(30-13-19-3-10-25-26(12-19)36-16-35-25)11-20-4-9-24(37-28(34)21-5-6-21)18(2)32(15-20)27(33)23-8-7-22(29)14-31-23/h3,7-8,10,12,14,17-18,20-21,24,30H,4-6,9,11,13,15-16H2,1-2H3/t17-,18+,20-,24-/m1/s1. The van der Waals surface area contributed by atoms with Crippen molar-refractivity contribution in [2.45, 2.75) is 70.7 Å². The van der Waals surface area contributed by atoms with Crippen LogP contribution in [0.3, 0.4) is 0 Å². The number of amides is 1. The summed E-state index contributed by atoms with van der Waals surface area (Å²) < 4.78 is 30.2. The van der Waals surface area contributed by atoms with Crippen molar-refractivity contribution < 1.29 is 28.2 Å². The highest BCUT2D eigenvalue weighted by Crippen LogP contribution is 2.34. The Hall–Kier alpha value is -3.20. The fourth-order valence-corrected chi connectivity index (χ4v) is 5.14. The number of benzene rings is 1. The molecule has 9 heteroatoms.